The molecule has 20 heavy (non-hydrogen) atoms. The molecule has 0 aliphatic carbocycles. The number of aliphatic hydroxyl groups excluding tert-OH is 1. The van der Waals surface area contributed by atoms with Crippen molar-refractivity contribution in [3.05, 3.63) is 34.9 Å². The Bertz CT molecular complexity index is 454. The molecule has 0 saturated carbocycles. The smallest absolute Gasteiger partial charge is 0.223 e. The molecule has 3 nitrogen and oxygen atoms in total. The van der Waals surface area contributed by atoms with Gasteiger partial charge in [-0.2, -0.15) is 0 Å². The molecule has 0 saturated heterocycles. The van der Waals surface area contributed by atoms with E-state index in [9.17, 15) is 9.90 Å². The molecule has 4 heteroatoms. The highest BCUT2D eigenvalue weighted by Gasteiger charge is 2.23. The van der Waals surface area contributed by atoms with E-state index in [1.54, 1.807) is 0 Å². The molecule has 2 unspecified atom stereocenters. The number of benzene rings is 1. The fourth-order valence-electron chi connectivity index (χ4n) is 1.79. The molecule has 0 fully saturated rings. The number of carbonyl (C=O) groups excluding carboxylic acids is 1. The summed E-state index contributed by atoms with van der Waals surface area (Å²) in [5.41, 5.74) is 0.806. The van der Waals surface area contributed by atoms with Gasteiger partial charge < -0.3 is 10.4 Å². The Morgan fingerprint density at radius 2 is 2.05 bits per heavy atom. The van der Waals surface area contributed by atoms with Crippen molar-refractivity contribution in [2.45, 2.75) is 40.2 Å². The van der Waals surface area contributed by atoms with Crippen LogP contribution in [0.5, 0.6) is 0 Å². The third-order valence-corrected chi connectivity index (χ3v) is 3.58. The summed E-state index contributed by atoms with van der Waals surface area (Å²) >= 11 is 5.93. The lowest BCUT2D eigenvalue weighted by Crippen LogP contribution is -2.41. The highest BCUT2D eigenvalue weighted by molar-refractivity contribution is 6.30. The second-order valence-corrected chi connectivity index (χ2v) is 6.80. The summed E-state index contributed by atoms with van der Waals surface area (Å²) in [4.78, 5) is 12.0. The number of nitrogens with one attached hydrogen (secondary N) is 1. The Hall–Kier alpha value is -1.06. The van der Waals surface area contributed by atoms with Gasteiger partial charge in [0, 0.05) is 17.5 Å². The number of hydrogen-bond acceptors (Lipinski definition) is 2. The van der Waals surface area contributed by atoms with Crippen LogP contribution in [0.25, 0.3) is 0 Å². The van der Waals surface area contributed by atoms with E-state index in [-0.39, 0.29) is 23.8 Å². The predicted molar refractivity (Wildman–Crippen MR) is 82.8 cm³/mol. The lowest BCUT2D eigenvalue weighted by atomic mass is 9.89. The van der Waals surface area contributed by atoms with Gasteiger partial charge in [-0.1, -0.05) is 51.4 Å². The van der Waals surface area contributed by atoms with Crippen molar-refractivity contribution in [3.63, 3.8) is 0 Å². The zero-order valence-electron chi connectivity index (χ0n) is 12.6. The van der Waals surface area contributed by atoms with Gasteiger partial charge in [0.1, 0.15) is 0 Å². The Kier molecular flexibility index (Phi) is 6.03. The normalized spacial score (nSPS) is 14.7. The van der Waals surface area contributed by atoms with Gasteiger partial charge in [-0.25, -0.2) is 0 Å². The number of carbonyl (C=O) groups is 1. The van der Waals surface area contributed by atoms with Crippen LogP contribution in [-0.4, -0.2) is 23.7 Å². The maximum Gasteiger partial charge on any atom is 0.223 e. The first-order valence-corrected chi connectivity index (χ1v) is 7.28. The van der Waals surface area contributed by atoms with E-state index in [0.717, 1.165) is 5.56 Å². The largest absolute Gasteiger partial charge is 0.391 e. The van der Waals surface area contributed by atoms with Gasteiger partial charge in [0.05, 0.1) is 6.10 Å². The second kappa shape index (κ2) is 7.09. The van der Waals surface area contributed by atoms with Crippen LogP contribution in [0.1, 0.15) is 33.3 Å². The van der Waals surface area contributed by atoms with Crippen LogP contribution >= 0.6 is 11.6 Å². The molecule has 0 bridgehead atoms. The Morgan fingerprint density at radius 3 is 2.60 bits per heavy atom. The number of halogens is 1. The molecule has 0 spiro atoms. The molecular weight excluding hydrogens is 274 g/mol. The number of rotatable bonds is 5. The van der Waals surface area contributed by atoms with Crippen LogP contribution in [0, 0.1) is 11.3 Å². The molecule has 0 aromatic heterocycles. The van der Waals surface area contributed by atoms with Gasteiger partial charge in [-0.15, -0.1) is 0 Å². The average Bonchev–Trinajstić information content (AvgIpc) is 2.34. The van der Waals surface area contributed by atoms with E-state index in [1.807, 2.05) is 52.0 Å². The van der Waals surface area contributed by atoms with Crippen molar-refractivity contribution in [2.75, 3.05) is 6.54 Å². The minimum atomic E-state index is -0.551. The first kappa shape index (κ1) is 17.0. The third-order valence-electron chi connectivity index (χ3n) is 3.35. The minimum absolute atomic E-state index is 0.0479. The summed E-state index contributed by atoms with van der Waals surface area (Å²) in [5, 5.41) is 13.4. The summed E-state index contributed by atoms with van der Waals surface area (Å²) < 4.78 is 0. The van der Waals surface area contributed by atoms with Crippen LogP contribution in [0.15, 0.2) is 24.3 Å². The Balaban J connectivity index is 2.47. The molecule has 1 amide bonds. The standard InChI is InChI=1S/C16H24ClNO2/c1-11(8-12-6-5-7-13(17)9-12)15(20)18-10-14(19)16(2,3)4/h5-7,9,11,14,19H,8,10H2,1-4H3,(H,18,20). The van der Waals surface area contributed by atoms with E-state index in [1.165, 1.54) is 0 Å². The highest BCUT2D eigenvalue weighted by atomic mass is 35.5. The summed E-state index contributed by atoms with van der Waals surface area (Å²) in [6.07, 6.45) is 0.0858. The summed E-state index contributed by atoms with van der Waals surface area (Å²) in [6, 6.07) is 7.52. The third kappa shape index (κ3) is 5.51. The highest BCUT2D eigenvalue weighted by Crippen LogP contribution is 2.18. The number of aliphatic hydroxyl groups is 1. The summed E-state index contributed by atoms with van der Waals surface area (Å²) in [5.74, 6) is -0.200. The van der Waals surface area contributed by atoms with E-state index in [2.05, 4.69) is 5.32 Å². The van der Waals surface area contributed by atoms with Gasteiger partial charge in [-0.05, 0) is 29.5 Å². The van der Waals surface area contributed by atoms with E-state index in [4.69, 9.17) is 11.6 Å². The topological polar surface area (TPSA) is 49.3 Å². The van der Waals surface area contributed by atoms with E-state index >= 15 is 0 Å². The fourth-order valence-corrected chi connectivity index (χ4v) is 2.00. The van der Waals surface area contributed by atoms with Crippen molar-refractivity contribution >= 4 is 17.5 Å². The maximum absolute atomic E-state index is 12.0. The predicted octanol–water partition coefficient (Wildman–Crippen LogP) is 3.04. The van der Waals surface area contributed by atoms with Gasteiger partial charge in [-0.3, -0.25) is 4.79 Å². The lowest BCUT2D eigenvalue weighted by Gasteiger charge is -2.26. The first-order valence-electron chi connectivity index (χ1n) is 6.90. The molecule has 2 N–H and O–H groups in total. The van der Waals surface area contributed by atoms with Gasteiger partial charge in [0.25, 0.3) is 0 Å². The van der Waals surface area contributed by atoms with Crippen molar-refractivity contribution in [2.24, 2.45) is 11.3 Å². The lowest BCUT2D eigenvalue weighted by molar-refractivity contribution is -0.125. The molecule has 1 rings (SSSR count). The molecule has 0 heterocycles. The van der Waals surface area contributed by atoms with Gasteiger partial charge in [0.15, 0.2) is 0 Å². The van der Waals surface area contributed by atoms with E-state index < -0.39 is 6.10 Å². The van der Waals surface area contributed by atoms with Crippen molar-refractivity contribution in [3.8, 4) is 0 Å². The van der Waals surface area contributed by atoms with Crippen LogP contribution in [0.2, 0.25) is 5.02 Å². The summed E-state index contributed by atoms with van der Waals surface area (Å²) in [6.45, 7) is 7.99. The van der Waals surface area contributed by atoms with Gasteiger partial charge >= 0.3 is 0 Å². The molecular formula is C16H24ClNO2. The Labute approximate surface area is 126 Å². The van der Waals surface area contributed by atoms with Crippen LogP contribution in [-0.2, 0) is 11.2 Å². The Morgan fingerprint density at radius 1 is 1.40 bits per heavy atom. The van der Waals surface area contributed by atoms with Crippen LogP contribution in [0.3, 0.4) is 0 Å². The fraction of sp³-hybridized carbons (Fsp3) is 0.562. The monoisotopic (exact) mass is 297 g/mol. The SMILES string of the molecule is CC(Cc1cccc(Cl)c1)C(=O)NCC(O)C(C)(C)C. The first-order chi connectivity index (χ1) is 9.20. The minimum Gasteiger partial charge on any atom is -0.391 e. The molecule has 0 aliphatic rings. The molecule has 0 radical (unpaired) electrons. The second-order valence-electron chi connectivity index (χ2n) is 6.36. The molecule has 1 aromatic carbocycles. The molecule has 112 valence electrons. The van der Waals surface area contributed by atoms with Crippen molar-refractivity contribution in [1.82, 2.24) is 5.32 Å². The van der Waals surface area contributed by atoms with Gasteiger partial charge in [0.2, 0.25) is 5.91 Å². The zero-order valence-corrected chi connectivity index (χ0v) is 13.4. The molecule has 2 atom stereocenters. The quantitative estimate of drug-likeness (QED) is 0.877. The average molecular weight is 298 g/mol. The maximum atomic E-state index is 12.0. The molecule has 0 aliphatic heterocycles. The van der Waals surface area contributed by atoms with Crippen LogP contribution in [0.4, 0.5) is 0 Å². The van der Waals surface area contributed by atoms with Crippen LogP contribution < -0.4 is 5.32 Å². The number of amides is 1. The number of hydrogen-bond donors (Lipinski definition) is 2. The summed E-state index contributed by atoms with van der Waals surface area (Å²) in [7, 11) is 0. The molecule has 1 aromatic rings. The van der Waals surface area contributed by atoms with Crippen molar-refractivity contribution < 1.29 is 9.90 Å². The van der Waals surface area contributed by atoms with Crippen molar-refractivity contribution in [1.29, 1.82) is 0 Å². The van der Waals surface area contributed by atoms with E-state index in [0.29, 0.717) is 11.4 Å². The zero-order chi connectivity index (χ0) is 15.3.